The Labute approximate surface area is 133 Å². The van der Waals surface area contributed by atoms with E-state index in [-0.39, 0.29) is 17.2 Å². The number of halogens is 1. The summed E-state index contributed by atoms with van der Waals surface area (Å²) in [5.74, 6) is 0. The number of hydroxylamine groups is 2. The molecule has 0 aliphatic carbocycles. The van der Waals surface area contributed by atoms with Crippen LogP contribution < -0.4 is 0 Å². The highest BCUT2D eigenvalue weighted by molar-refractivity contribution is 9.09. The predicted molar refractivity (Wildman–Crippen MR) is 89.2 cm³/mol. The van der Waals surface area contributed by atoms with Crippen molar-refractivity contribution in [3.8, 4) is 0 Å². The van der Waals surface area contributed by atoms with E-state index in [1.54, 1.807) is 0 Å². The van der Waals surface area contributed by atoms with E-state index < -0.39 is 0 Å². The standard InChI is InChI=1S/C16H31BrNO2/c1-15(2)12-14(13-16(3,4)18(15)19)20-11-9-7-5-6-8-10-17/h14H,5-13H2,1-4H3/q-1. The van der Waals surface area contributed by atoms with Crippen molar-refractivity contribution in [2.24, 2.45) is 0 Å². The molecule has 1 fully saturated rings. The molecule has 1 rings (SSSR count). The van der Waals surface area contributed by atoms with Gasteiger partial charge in [0, 0.05) is 23.0 Å². The first kappa shape index (κ1) is 18.4. The fraction of sp³-hybridized carbons (Fsp3) is 1.00. The monoisotopic (exact) mass is 348 g/mol. The van der Waals surface area contributed by atoms with Gasteiger partial charge in [0.2, 0.25) is 0 Å². The molecule has 0 bridgehead atoms. The molecule has 0 atom stereocenters. The van der Waals surface area contributed by atoms with E-state index in [0.717, 1.165) is 31.2 Å². The first-order valence-corrected chi connectivity index (χ1v) is 9.07. The summed E-state index contributed by atoms with van der Waals surface area (Å²) < 4.78 is 6.03. The zero-order chi connectivity index (χ0) is 15.2. The maximum absolute atomic E-state index is 12.2. The lowest BCUT2D eigenvalue weighted by Crippen LogP contribution is -2.59. The average molecular weight is 349 g/mol. The van der Waals surface area contributed by atoms with Gasteiger partial charge in [0.15, 0.2) is 0 Å². The van der Waals surface area contributed by atoms with Gasteiger partial charge in [-0.05, 0) is 53.4 Å². The van der Waals surface area contributed by atoms with Crippen LogP contribution in [-0.4, -0.2) is 34.2 Å². The zero-order valence-corrected chi connectivity index (χ0v) is 15.2. The lowest BCUT2D eigenvalue weighted by Gasteiger charge is -2.59. The molecule has 0 spiro atoms. The highest BCUT2D eigenvalue weighted by atomic mass is 79.9. The Kier molecular flexibility index (Phi) is 7.47. The molecule has 0 unspecified atom stereocenters. The van der Waals surface area contributed by atoms with Gasteiger partial charge in [0.05, 0.1) is 6.10 Å². The summed E-state index contributed by atoms with van der Waals surface area (Å²) >= 11 is 3.46. The predicted octanol–water partition coefficient (Wildman–Crippen LogP) is 4.87. The van der Waals surface area contributed by atoms with E-state index in [4.69, 9.17) is 4.74 Å². The molecular formula is C16H31BrNO2-. The fourth-order valence-electron chi connectivity index (χ4n) is 3.27. The van der Waals surface area contributed by atoms with Crippen LogP contribution in [0, 0.1) is 5.21 Å². The van der Waals surface area contributed by atoms with Crippen LogP contribution in [0.15, 0.2) is 0 Å². The maximum atomic E-state index is 12.2. The average Bonchev–Trinajstić information content (AvgIpc) is 2.34. The maximum Gasteiger partial charge on any atom is 0.0609 e. The number of hydrogen-bond acceptors (Lipinski definition) is 3. The Hall–Kier alpha value is 0.360. The molecule has 120 valence electrons. The largest absolute Gasteiger partial charge is 0.784 e. The molecule has 1 aliphatic rings. The SMILES string of the molecule is CC1(C)CC(OCCCCCCCBr)CC(C)(C)N1[O-]. The molecule has 0 amide bonds. The van der Waals surface area contributed by atoms with Crippen LogP contribution in [0.5, 0.6) is 0 Å². The Balaban J connectivity index is 2.24. The normalized spacial score (nSPS) is 23.1. The van der Waals surface area contributed by atoms with Crippen LogP contribution in [0.3, 0.4) is 0 Å². The third-order valence-electron chi connectivity index (χ3n) is 4.19. The van der Waals surface area contributed by atoms with E-state index in [2.05, 4.69) is 15.9 Å². The smallest absolute Gasteiger partial charge is 0.0609 e. The van der Waals surface area contributed by atoms with Gasteiger partial charge >= 0.3 is 0 Å². The minimum atomic E-state index is -0.317. The number of hydrogen-bond donors (Lipinski definition) is 0. The summed E-state index contributed by atoms with van der Waals surface area (Å²) in [7, 11) is 0. The van der Waals surface area contributed by atoms with Gasteiger partial charge in [-0.15, -0.1) is 0 Å². The van der Waals surface area contributed by atoms with E-state index in [1.807, 2.05) is 27.7 Å². The molecule has 1 saturated heterocycles. The van der Waals surface area contributed by atoms with Crippen molar-refractivity contribution in [2.75, 3.05) is 11.9 Å². The third-order valence-corrected chi connectivity index (χ3v) is 4.75. The topological polar surface area (TPSA) is 35.5 Å². The summed E-state index contributed by atoms with van der Waals surface area (Å²) in [5, 5.41) is 14.6. The molecular weight excluding hydrogens is 318 g/mol. The molecule has 0 aromatic carbocycles. The Morgan fingerprint density at radius 3 is 2.05 bits per heavy atom. The first-order chi connectivity index (χ1) is 9.29. The first-order valence-electron chi connectivity index (χ1n) is 7.95. The van der Waals surface area contributed by atoms with Crippen LogP contribution in [0.1, 0.15) is 72.6 Å². The molecule has 1 heterocycles. The van der Waals surface area contributed by atoms with E-state index >= 15 is 0 Å². The van der Waals surface area contributed by atoms with E-state index in [1.165, 1.54) is 30.7 Å². The van der Waals surface area contributed by atoms with Crippen molar-refractivity contribution >= 4 is 15.9 Å². The van der Waals surface area contributed by atoms with Crippen LogP contribution in [-0.2, 0) is 4.74 Å². The Bertz CT molecular complexity index is 264. The lowest BCUT2D eigenvalue weighted by atomic mass is 9.80. The number of ether oxygens (including phenoxy) is 1. The van der Waals surface area contributed by atoms with Crippen LogP contribution in [0.25, 0.3) is 0 Å². The molecule has 1 aliphatic heterocycles. The summed E-state index contributed by atoms with van der Waals surface area (Å²) in [6.45, 7) is 8.94. The van der Waals surface area contributed by atoms with Gasteiger partial charge in [-0.1, -0.05) is 35.2 Å². The van der Waals surface area contributed by atoms with Gasteiger partial charge in [-0.3, -0.25) is 0 Å². The molecule has 3 nitrogen and oxygen atoms in total. The summed E-state index contributed by atoms with van der Waals surface area (Å²) in [6, 6.07) is 0. The molecule has 0 aromatic rings. The van der Waals surface area contributed by atoms with Crippen LogP contribution in [0.4, 0.5) is 0 Å². The van der Waals surface area contributed by atoms with Gasteiger partial charge in [-0.2, -0.15) is 0 Å². The minimum Gasteiger partial charge on any atom is -0.784 e. The third kappa shape index (κ3) is 5.63. The van der Waals surface area contributed by atoms with Gasteiger partial charge < -0.3 is 15.0 Å². The number of rotatable bonds is 8. The highest BCUT2D eigenvalue weighted by Gasteiger charge is 2.40. The van der Waals surface area contributed by atoms with Gasteiger partial charge in [0.25, 0.3) is 0 Å². The molecule has 0 aromatic heterocycles. The molecule has 0 radical (unpaired) electrons. The molecule has 20 heavy (non-hydrogen) atoms. The number of piperidine rings is 1. The van der Waals surface area contributed by atoms with Crippen molar-refractivity contribution in [1.29, 1.82) is 0 Å². The van der Waals surface area contributed by atoms with E-state index in [9.17, 15) is 5.21 Å². The lowest BCUT2D eigenvalue weighted by molar-refractivity contribution is -0.0813. The summed E-state index contributed by atoms with van der Waals surface area (Å²) in [6.07, 6.45) is 8.16. The minimum absolute atomic E-state index is 0.229. The van der Waals surface area contributed by atoms with Crippen molar-refractivity contribution in [2.45, 2.75) is 89.8 Å². The van der Waals surface area contributed by atoms with Crippen molar-refractivity contribution in [3.05, 3.63) is 5.21 Å². The summed E-state index contributed by atoms with van der Waals surface area (Å²) in [5.41, 5.74) is -0.634. The second-order valence-electron chi connectivity index (χ2n) is 7.28. The zero-order valence-electron chi connectivity index (χ0n) is 13.6. The van der Waals surface area contributed by atoms with E-state index in [0.29, 0.717) is 0 Å². The van der Waals surface area contributed by atoms with Crippen LogP contribution >= 0.6 is 15.9 Å². The summed E-state index contributed by atoms with van der Waals surface area (Å²) in [4.78, 5) is 0. The molecule has 0 saturated carbocycles. The number of alkyl halides is 1. The quantitative estimate of drug-likeness (QED) is 0.463. The Morgan fingerprint density at radius 2 is 1.50 bits per heavy atom. The van der Waals surface area contributed by atoms with Crippen LogP contribution in [0.2, 0.25) is 0 Å². The number of unbranched alkanes of at least 4 members (excludes halogenated alkanes) is 4. The molecule has 4 heteroatoms. The van der Waals surface area contributed by atoms with Gasteiger partial charge in [-0.25, -0.2) is 0 Å². The number of nitrogens with zero attached hydrogens (tertiary/aromatic N) is 1. The Morgan fingerprint density at radius 1 is 1.00 bits per heavy atom. The van der Waals surface area contributed by atoms with Crippen molar-refractivity contribution in [3.63, 3.8) is 0 Å². The second-order valence-corrected chi connectivity index (χ2v) is 8.07. The fourth-order valence-corrected chi connectivity index (χ4v) is 3.66. The highest BCUT2D eigenvalue weighted by Crippen LogP contribution is 2.38. The molecule has 0 N–H and O–H groups in total. The van der Waals surface area contributed by atoms with Crippen molar-refractivity contribution < 1.29 is 4.74 Å². The van der Waals surface area contributed by atoms with Crippen molar-refractivity contribution in [1.82, 2.24) is 5.06 Å². The second kappa shape index (κ2) is 8.11. The van der Waals surface area contributed by atoms with Gasteiger partial charge in [0.1, 0.15) is 0 Å².